The van der Waals surface area contributed by atoms with Crippen LogP contribution in [-0.2, 0) is 16.1 Å². The third-order valence-electron chi connectivity index (χ3n) is 4.91. The van der Waals surface area contributed by atoms with Gasteiger partial charge >= 0.3 is 5.97 Å². The van der Waals surface area contributed by atoms with Crippen molar-refractivity contribution in [1.82, 2.24) is 5.32 Å². The summed E-state index contributed by atoms with van der Waals surface area (Å²) in [4.78, 5) is 37.1. The topological polar surface area (TPSA) is 115 Å². The first-order chi connectivity index (χ1) is 13.9. The van der Waals surface area contributed by atoms with Gasteiger partial charge in [0.2, 0.25) is 0 Å². The number of amides is 1. The molecule has 1 N–H and O–H groups in total. The Morgan fingerprint density at radius 3 is 2.72 bits per heavy atom. The van der Waals surface area contributed by atoms with E-state index in [1.54, 1.807) is 18.2 Å². The highest BCUT2D eigenvalue weighted by Gasteiger charge is 2.24. The lowest BCUT2D eigenvalue weighted by Gasteiger charge is -2.33. The van der Waals surface area contributed by atoms with Gasteiger partial charge in [0.05, 0.1) is 29.0 Å². The van der Waals surface area contributed by atoms with E-state index in [4.69, 9.17) is 9.15 Å². The first-order valence-corrected chi connectivity index (χ1v) is 9.43. The lowest BCUT2D eigenvalue weighted by atomic mass is 9.98. The molecule has 2 heterocycles. The van der Waals surface area contributed by atoms with Crippen molar-refractivity contribution >= 4 is 23.3 Å². The summed E-state index contributed by atoms with van der Waals surface area (Å²) < 4.78 is 10.2. The van der Waals surface area contributed by atoms with E-state index in [1.807, 2.05) is 4.90 Å². The zero-order valence-corrected chi connectivity index (χ0v) is 16.1. The van der Waals surface area contributed by atoms with Gasteiger partial charge in [-0.15, -0.1) is 0 Å². The molecule has 0 saturated carbocycles. The fourth-order valence-corrected chi connectivity index (χ4v) is 3.19. The van der Waals surface area contributed by atoms with Crippen molar-refractivity contribution in [3.05, 3.63) is 58.0 Å². The van der Waals surface area contributed by atoms with Crippen LogP contribution in [-0.4, -0.2) is 36.5 Å². The van der Waals surface area contributed by atoms with Gasteiger partial charge in [0.1, 0.15) is 5.76 Å². The highest BCUT2D eigenvalue weighted by atomic mass is 16.6. The molecule has 1 aromatic carbocycles. The quantitative estimate of drug-likeness (QED) is 0.431. The van der Waals surface area contributed by atoms with Crippen LogP contribution in [0.2, 0.25) is 0 Å². The Balaban J connectivity index is 1.67. The number of furan rings is 1. The van der Waals surface area contributed by atoms with E-state index in [0.717, 1.165) is 25.9 Å². The molecule has 0 spiro atoms. The second kappa shape index (κ2) is 9.22. The first kappa shape index (κ1) is 20.4. The van der Waals surface area contributed by atoms with Crippen LogP contribution in [0.25, 0.3) is 0 Å². The summed E-state index contributed by atoms with van der Waals surface area (Å²) in [5.74, 6) is -0.0912. The van der Waals surface area contributed by atoms with Gasteiger partial charge in [0, 0.05) is 25.2 Å². The van der Waals surface area contributed by atoms with Crippen LogP contribution in [0.4, 0.5) is 11.4 Å². The predicted molar refractivity (Wildman–Crippen MR) is 105 cm³/mol. The smallest absolute Gasteiger partial charge is 0.341 e. The number of carbonyl (C=O) groups is 2. The third kappa shape index (κ3) is 5.34. The molecule has 1 aliphatic heterocycles. The second-order valence-electron chi connectivity index (χ2n) is 7.06. The third-order valence-corrected chi connectivity index (χ3v) is 4.91. The molecule has 1 saturated heterocycles. The highest BCUT2D eigenvalue weighted by molar-refractivity contribution is 5.97. The molecule has 1 aliphatic rings. The van der Waals surface area contributed by atoms with Crippen LogP contribution in [0.1, 0.15) is 35.9 Å². The standard InChI is InChI=1S/C20H23N3O6/c1-14-6-8-22(9-7-14)18-5-4-15(23(26)27)11-17(18)20(25)29-13-19(24)21-12-16-3-2-10-28-16/h2-5,10-11,14H,6-9,12-13H2,1H3,(H,21,24). The molecular formula is C20H23N3O6. The van der Waals surface area contributed by atoms with Gasteiger partial charge in [-0.2, -0.15) is 0 Å². The number of anilines is 1. The van der Waals surface area contributed by atoms with Crippen LogP contribution < -0.4 is 10.2 Å². The van der Waals surface area contributed by atoms with Gasteiger partial charge in [-0.1, -0.05) is 6.92 Å². The van der Waals surface area contributed by atoms with Gasteiger partial charge in [0.25, 0.3) is 11.6 Å². The van der Waals surface area contributed by atoms with Crippen molar-refractivity contribution < 1.29 is 23.7 Å². The van der Waals surface area contributed by atoms with Crippen molar-refractivity contribution in [3.8, 4) is 0 Å². The summed E-state index contributed by atoms with van der Waals surface area (Å²) in [5.41, 5.74) is 0.476. The van der Waals surface area contributed by atoms with Gasteiger partial charge in [-0.25, -0.2) is 4.79 Å². The van der Waals surface area contributed by atoms with E-state index in [0.29, 0.717) is 17.4 Å². The number of esters is 1. The van der Waals surface area contributed by atoms with Crippen molar-refractivity contribution in [1.29, 1.82) is 0 Å². The molecule has 3 rings (SSSR count). The number of nitrogens with one attached hydrogen (secondary N) is 1. The largest absolute Gasteiger partial charge is 0.467 e. The summed E-state index contributed by atoms with van der Waals surface area (Å²) >= 11 is 0. The number of benzene rings is 1. The molecule has 0 aliphatic carbocycles. The lowest BCUT2D eigenvalue weighted by molar-refractivity contribution is -0.384. The number of hydrogen-bond donors (Lipinski definition) is 1. The summed E-state index contributed by atoms with van der Waals surface area (Å²) in [6, 6.07) is 7.56. The predicted octanol–water partition coefficient (Wildman–Crippen LogP) is 2.90. The molecule has 2 aromatic rings. The number of non-ortho nitro benzene ring substituents is 1. The lowest BCUT2D eigenvalue weighted by Crippen LogP contribution is -2.34. The maximum Gasteiger partial charge on any atom is 0.341 e. The number of ether oxygens (including phenoxy) is 1. The van der Waals surface area contributed by atoms with E-state index in [-0.39, 0.29) is 17.8 Å². The maximum atomic E-state index is 12.6. The first-order valence-electron chi connectivity index (χ1n) is 9.43. The van der Waals surface area contributed by atoms with Crippen molar-refractivity contribution in [3.63, 3.8) is 0 Å². The number of nitrogens with zero attached hydrogens (tertiary/aromatic N) is 2. The zero-order valence-electron chi connectivity index (χ0n) is 16.1. The van der Waals surface area contributed by atoms with E-state index in [1.165, 1.54) is 18.4 Å². The fourth-order valence-electron chi connectivity index (χ4n) is 3.19. The minimum Gasteiger partial charge on any atom is -0.467 e. The molecule has 1 aromatic heterocycles. The Morgan fingerprint density at radius 1 is 1.31 bits per heavy atom. The van der Waals surface area contributed by atoms with Gasteiger partial charge < -0.3 is 19.4 Å². The molecule has 0 unspecified atom stereocenters. The van der Waals surface area contributed by atoms with E-state index in [9.17, 15) is 19.7 Å². The monoisotopic (exact) mass is 401 g/mol. The molecule has 9 nitrogen and oxygen atoms in total. The van der Waals surface area contributed by atoms with Crippen LogP contribution in [0.5, 0.6) is 0 Å². The van der Waals surface area contributed by atoms with Crippen LogP contribution in [0.3, 0.4) is 0 Å². The van der Waals surface area contributed by atoms with Crippen LogP contribution >= 0.6 is 0 Å². The van der Waals surface area contributed by atoms with Crippen LogP contribution in [0.15, 0.2) is 41.0 Å². The van der Waals surface area contributed by atoms with Crippen molar-refractivity contribution in [2.75, 3.05) is 24.6 Å². The molecule has 9 heteroatoms. The average molecular weight is 401 g/mol. The molecular weight excluding hydrogens is 378 g/mol. The Labute approximate surface area is 167 Å². The number of carbonyl (C=O) groups excluding carboxylic acids is 2. The number of nitro groups is 1. The summed E-state index contributed by atoms with van der Waals surface area (Å²) in [5, 5.41) is 13.7. The SMILES string of the molecule is CC1CCN(c2ccc([N+](=O)[O-])cc2C(=O)OCC(=O)NCc2ccco2)CC1. The molecule has 1 amide bonds. The molecule has 0 bridgehead atoms. The Bertz CT molecular complexity index is 872. The number of rotatable bonds is 7. The zero-order chi connectivity index (χ0) is 20.8. The minimum absolute atomic E-state index is 0.0904. The molecule has 1 fully saturated rings. The summed E-state index contributed by atoms with van der Waals surface area (Å²) in [7, 11) is 0. The number of nitro benzene ring substituents is 1. The van der Waals surface area contributed by atoms with E-state index < -0.39 is 23.4 Å². The number of hydrogen-bond acceptors (Lipinski definition) is 7. The molecule has 29 heavy (non-hydrogen) atoms. The summed E-state index contributed by atoms with van der Waals surface area (Å²) in [6.07, 6.45) is 3.44. The number of piperidine rings is 1. The maximum absolute atomic E-state index is 12.6. The highest BCUT2D eigenvalue weighted by Crippen LogP contribution is 2.29. The van der Waals surface area contributed by atoms with Crippen LogP contribution in [0, 0.1) is 16.0 Å². The summed E-state index contributed by atoms with van der Waals surface area (Å²) in [6.45, 7) is 3.37. The molecule has 154 valence electrons. The Kier molecular flexibility index (Phi) is 6.48. The van der Waals surface area contributed by atoms with Gasteiger partial charge in [-0.3, -0.25) is 14.9 Å². The molecule has 0 radical (unpaired) electrons. The van der Waals surface area contributed by atoms with Gasteiger partial charge in [-0.05, 0) is 37.0 Å². The molecule has 0 atom stereocenters. The van der Waals surface area contributed by atoms with Crippen molar-refractivity contribution in [2.45, 2.75) is 26.3 Å². The normalized spacial score (nSPS) is 14.4. The van der Waals surface area contributed by atoms with E-state index in [2.05, 4.69) is 12.2 Å². The van der Waals surface area contributed by atoms with Gasteiger partial charge in [0.15, 0.2) is 6.61 Å². The Hall–Kier alpha value is -3.36. The average Bonchev–Trinajstić information content (AvgIpc) is 3.24. The Morgan fingerprint density at radius 2 is 2.07 bits per heavy atom. The second-order valence-corrected chi connectivity index (χ2v) is 7.06. The fraction of sp³-hybridized carbons (Fsp3) is 0.400. The van der Waals surface area contributed by atoms with E-state index >= 15 is 0 Å². The van der Waals surface area contributed by atoms with Crippen molar-refractivity contribution in [2.24, 2.45) is 5.92 Å². The minimum atomic E-state index is -0.768.